The predicted molar refractivity (Wildman–Crippen MR) is 82.4 cm³/mol. The third kappa shape index (κ3) is 4.92. The Morgan fingerprint density at radius 3 is 2.81 bits per heavy atom. The van der Waals surface area contributed by atoms with Gasteiger partial charge in [-0.25, -0.2) is 0 Å². The van der Waals surface area contributed by atoms with Crippen molar-refractivity contribution in [2.24, 2.45) is 0 Å². The second-order valence-corrected chi connectivity index (χ2v) is 4.90. The van der Waals surface area contributed by atoms with Crippen LogP contribution in [-0.4, -0.2) is 20.3 Å². The molecule has 0 spiro atoms. The van der Waals surface area contributed by atoms with E-state index in [2.05, 4.69) is 18.3 Å². The molecular weight excluding hydrogens is 266 g/mol. The molecule has 1 heterocycles. The summed E-state index contributed by atoms with van der Waals surface area (Å²) >= 11 is 0. The van der Waals surface area contributed by atoms with Crippen LogP contribution in [0.25, 0.3) is 0 Å². The van der Waals surface area contributed by atoms with E-state index in [4.69, 9.17) is 13.9 Å². The van der Waals surface area contributed by atoms with Crippen LogP contribution in [0.2, 0.25) is 0 Å². The van der Waals surface area contributed by atoms with Gasteiger partial charge in [0.15, 0.2) is 0 Å². The lowest BCUT2D eigenvalue weighted by Gasteiger charge is -2.17. The first-order valence-corrected chi connectivity index (χ1v) is 7.27. The maximum atomic E-state index is 5.55. The molecule has 2 aromatic rings. The molecule has 0 aliphatic heterocycles. The van der Waals surface area contributed by atoms with Crippen LogP contribution in [0.5, 0.6) is 5.75 Å². The van der Waals surface area contributed by atoms with E-state index in [1.807, 2.05) is 30.3 Å². The van der Waals surface area contributed by atoms with Crippen LogP contribution in [0.3, 0.4) is 0 Å². The zero-order valence-corrected chi connectivity index (χ0v) is 12.7. The van der Waals surface area contributed by atoms with Gasteiger partial charge in [0.05, 0.1) is 13.4 Å². The quantitative estimate of drug-likeness (QED) is 0.717. The molecule has 21 heavy (non-hydrogen) atoms. The number of rotatable bonds is 9. The molecule has 1 N–H and O–H groups in total. The first-order chi connectivity index (χ1) is 10.3. The fraction of sp³-hybridized carbons (Fsp3) is 0.412. The van der Waals surface area contributed by atoms with Crippen molar-refractivity contribution in [3.63, 3.8) is 0 Å². The lowest BCUT2D eigenvalue weighted by atomic mass is 10.1. The molecule has 0 fully saturated rings. The van der Waals surface area contributed by atoms with Crippen molar-refractivity contribution >= 4 is 0 Å². The van der Waals surface area contributed by atoms with Crippen molar-refractivity contribution in [2.75, 3.05) is 20.3 Å². The highest BCUT2D eigenvalue weighted by Crippen LogP contribution is 2.24. The summed E-state index contributed by atoms with van der Waals surface area (Å²) in [5.74, 6) is 1.79. The Balaban J connectivity index is 1.64. The molecule has 4 nitrogen and oxygen atoms in total. The average Bonchev–Trinajstić information content (AvgIpc) is 3.03. The van der Waals surface area contributed by atoms with Gasteiger partial charge in [-0.05, 0) is 38.1 Å². The highest BCUT2D eigenvalue weighted by atomic mass is 16.5. The fourth-order valence-electron chi connectivity index (χ4n) is 2.19. The molecule has 0 saturated heterocycles. The van der Waals surface area contributed by atoms with Crippen molar-refractivity contribution < 1.29 is 13.9 Å². The molecule has 0 radical (unpaired) electrons. The smallest absolute Gasteiger partial charge is 0.129 e. The maximum absolute atomic E-state index is 5.55. The van der Waals surface area contributed by atoms with E-state index < -0.39 is 0 Å². The van der Waals surface area contributed by atoms with Gasteiger partial charge in [-0.1, -0.05) is 18.2 Å². The van der Waals surface area contributed by atoms with Gasteiger partial charge in [-0.2, -0.15) is 0 Å². The molecule has 1 aromatic carbocycles. The Hall–Kier alpha value is -1.78. The van der Waals surface area contributed by atoms with E-state index in [1.54, 1.807) is 13.4 Å². The van der Waals surface area contributed by atoms with Crippen molar-refractivity contribution in [3.05, 3.63) is 54.0 Å². The van der Waals surface area contributed by atoms with Crippen molar-refractivity contribution in [1.29, 1.82) is 0 Å². The summed E-state index contributed by atoms with van der Waals surface area (Å²) in [7, 11) is 1.70. The molecule has 0 saturated carbocycles. The number of benzene rings is 1. The Morgan fingerprint density at radius 2 is 2.05 bits per heavy atom. The fourth-order valence-corrected chi connectivity index (χ4v) is 2.19. The SMILES string of the molecule is COc1ccccc1C(C)NCCCOCc1ccco1. The third-order valence-electron chi connectivity index (χ3n) is 3.35. The zero-order valence-electron chi connectivity index (χ0n) is 12.7. The Labute approximate surface area is 126 Å². The summed E-state index contributed by atoms with van der Waals surface area (Å²) in [6.45, 7) is 4.29. The van der Waals surface area contributed by atoms with Crippen molar-refractivity contribution in [1.82, 2.24) is 5.32 Å². The Kier molecular flexibility index (Phi) is 6.31. The summed E-state index contributed by atoms with van der Waals surface area (Å²) in [5.41, 5.74) is 1.18. The largest absolute Gasteiger partial charge is 0.496 e. The number of hydrogen-bond donors (Lipinski definition) is 1. The second kappa shape index (κ2) is 8.49. The minimum atomic E-state index is 0.256. The van der Waals surface area contributed by atoms with Gasteiger partial charge >= 0.3 is 0 Å². The number of nitrogens with one attached hydrogen (secondary N) is 1. The van der Waals surface area contributed by atoms with Gasteiger partial charge in [-0.15, -0.1) is 0 Å². The minimum Gasteiger partial charge on any atom is -0.496 e. The molecule has 1 aromatic heterocycles. The lowest BCUT2D eigenvalue weighted by molar-refractivity contribution is 0.103. The van der Waals surface area contributed by atoms with Gasteiger partial charge in [-0.3, -0.25) is 0 Å². The van der Waals surface area contributed by atoms with Crippen LogP contribution in [0.1, 0.15) is 30.7 Å². The number of methoxy groups -OCH3 is 1. The minimum absolute atomic E-state index is 0.256. The molecule has 1 unspecified atom stereocenters. The summed E-state index contributed by atoms with van der Waals surface area (Å²) < 4.78 is 16.1. The zero-order chi connectivity index (χ0) is 14.9. The van der Waals surface area contributed by atoms with Crippen LogP contribution in [0.15, 0.2) is 47.1 Å². The molecule has 0 amide bonds. The maximum Gasteiger partial charge on any atom is 0.129 e. The van der Waals surface area contributed by atoms with E-state index in [0.29, 0.717) is 13.2 Å². The van der Waals surface area contributed by atoms with Crippen LogP contribution in [0, 0.1) is 0 Å². The predicted octanol–water partition coefficient (Wildman–Crippen LogP) is 3.55. The van der Waals surface area contributed by atoms with Crippen LogP contribution < -0.4 is 10.1 Å². The molecule has 0 aliphatic rings. The Bertz CT molecular complexity index is 511. The Morgan fingerprint density at radius 1 is 1.19 bits per heavy atom. The summed E-state index contributed by atoms with van der Waals surface area (Å²) in [4.78, 5) is 0. The molecular formula is C17H23NO3. The molecule has 2 rings (SSSR count). The van der Waals surface area contributed by atoms with Gasteiger partial charge < -0.3 is 19.2 Å². The van der Waals surface area contributed by atoms with E-state index in [-0.39, 0.29) is 6.04 Å². The van der Waals surface area contributed by atoms with Crippen molar-refractivity contribution in [2.45, 2.75) is 26.0 Å². The molecule has 1 atom stereocenters. The summed E-state index contributed by atoms with van der Waals surface area (Å²) in [6.07, 6.45) is 2.62. The van der Waals surface area contributed by atoms with E-state index in [0.717, 1.165) is 24.5 Å². The molecule has 0 aliphatic carbocycles. The number of ether oxygens (including phenoxy) is 2. The average molecular weight is 289 g/mol. The van der Waals surface area contributed by atoms with Crippen LogP contribution >= 0.6 is 0 Å². The van der Waals surface area contributed by atoms with Crippen LogP contribution in [-0.2, 0) is 11.3 Å². The van der Waals surface area contributed by atoms with Crippen LogP contribution in [0.4, 0.5) is 0 Å². The lowest BCUT2D eigenvalue weighted by Crippen LogP contribution is -2.21. The summed E-state index contributed by atoms with van der Waals surface area (Å²) in [5, 5.41) is 3.48. The topological polar surface area (TPSA) is 43.6 Å². The van der Waals surface area contributed by atoms with E-state index in [1.165, 1.54) is 5.56 Å². The van der Waals surface area contributed by atoms with E-state index >= 15 is 0 Å². The van der Waals surface area contributed by atoms with Gasteiger partial charge in [0.2, 0.25) is 0 Å². The standard InChI is InChI=1S/C17H23NO3/c1-14(16-8-3-4-9-17(16)19-2)18-10-6-11-20-13-15-7-5-12-21-15/h3-5,7-9,12,14,18H,6,10-11,13H2,1-2H3. The first-order valence-electron chi connectivity index (χ1n) is 7.27. The molecule has 0 bridgehead atoms. The number of hydrogen-bond acceptors (Lipinski definition) is 4. The highest BCUT2D eigenvalue weighted by Gasteiger charge is 2.09. The summed E-state index contributed by atoms with van der Waals surface area (Å²) in [6, 6.07) is 12.1. The van der Waals surface area contributed by atoms with Gasteiger partial charge in [0.1, 0.15) is 18.1 Å². The monoisotopic (exact) mass is 289 g/mol. The molecule has 4 heteroatoms. The molecule has 114 valence electrons. The normalized spacial score (nSPS) is 12.3. The first kappa shape index (κ1) is 15.6. The van der Waals surface area contributed by atoms with Gasteiger partial charge in [0.25, 0.3) is 0 Å². The second-order valence-electron chi connectivity index (χ2n) is 4.90. The third-order valence-corrected chi connectivity index (χ3v) is 3.35. The van der Waals surface area contributed by atoms with Gasteiger partial charge in [0, 0.05) is 18.2 Å². The highest BCUT2D eigenvalue weighted by molar-refractivity contribution is 5.35. The number of para-hydroxylation sites is 1. The van der Waals surface area contributed by atoms with Crippen molar-refractivity contribution in [3.8, 4) is 5.75 Å². The van der Waals surface area contributed by atoms with E-state index in [9.17, 15) is 0 Å². The number of furan rings is 1.